The molecule has 1 aromatic rings. The van der Waals surface area contributed by atoms with Gasteiger partial charge in [-0.3, -0.25) is 14.4 Å². The number of unbranched alkanes of at least 4 members (excludes halogenated alkanes) is 1. The Bertz CT molecular complexity index is 776. The molecule has 2 rings (SSSR count). The fraction of sp³-hybridized carbons (Fsp3) is 0.438. The number of benzene rings is 1. The number of rotatable bonds is 7. The van der Waals surface area contributed by atoms with Gasteiger partial charge in [0.2, 0.25) is 21.8 Å². The second kappa shape index (κ2) is 8.11. The number of carbonyl (C=O) groups excluding carboxylic acids is 3. The lowest BCUT2D eigenvalue weighted by Gasteiger charge is -2.15. The molecule has 1 aliphatic heterocycles. The zero-order valence-corrected chi connectivity index (χ0v) is 14.8. The van der Waals surface area contributed by atoms with Crippen LogP contribution in [0.5, 0.6) is 0 Å². The highest BCUT2D eigenvalue weighted by Crippen LogP contribution is 2.25. The Kier molecular flexibility index (Phi) is 6.13. The Balaban J connectivity index is 1.93. The lowest BCUT2D eigenvalue weighted by atomic mass is 10.2. The van der Waals surface area contributed by atoms with E-state index in [4.69, 9.17) is 0 Å². The van der Waals surface area contributed by atoms with Crippen LogP contribution in [0.25, 0.3) is 0 Å². The van der Waals surface area contributed by atoms with Crippen molar-refractivity contribution in [2.24, 2.45) is 0 Å². The highest BCUT2D eigenvalue weighted by molar-refractivity contribution is 7.94. The Hall–Kier alpha value is -2.42. The topological polar surface area (TPSA) is 113 Å². The first kappa shape index (κ1) is 18.9. The van der Waals surface area contributed by atoms with Gasteiger partial charge in [0.25, 0.3) is 5.91 Å². The van der Waals surface area contributed by atoms with Gasteiger partial charge in [-0.15, -0.1) is 0 Å². The van der Waals surface area contributed by atoms with Crippen LogP contribution in [0.15, 0.2) is 24.3 Å². The monoisotopic (exact) mass is 367 g/mol. The maximum Gasteiger partial charge on any atom is 0.251 e. The van der Waals surface area contributed by atoms with Gasteiger partial charge in [-0.2, -0.15) is 0 Å². The molecule has 1 aromatic carbocycles. The molecule has 9 heteroatoms. The maximum absolute atomic E-state index is 12.2. The van der Waals surface area contributed by atoms with Gasteiger partial charge in [0.1, 0.15) is 0 Å². The first-order chi connectivity index (χ1) is 11.8. The zero-order valence-electron chi connectivity index (χ0n) is 13.9. The molecule has 1 heterocycles. The van der Waals surface area contributed by atoms with E-state index in [0.29, 0.717) is 19.5 Å². The molecule has 2 N–H and O–H groups in total. The summed E-state index contributed by atoms with van der Waals surface area (Å²) in [4.78, 5) is 34.7. The van der Waals surface area contributed by atoms with Crippen molar-refractivity contribution in [3.05, 3.63) is 29.8 Å². The minimum absolute atomic E-state index is 0.0486. The Morgan fingerprint density at radius 2 is 1.84 bits per heavy atom. The lowest BCUT2D eigenvalue weighted by Crippen LogP contribution is -2.30. The van der Waals surface area contributed by atoms with Crippen LogP contribution in [0, 0.1) is 0 Å². The molecule has 0 atom stereocenters. The molecule has 0 aromatic heterocycles. The van der Waals surface area contributed by atoms with Crippen LogP contribution in [0.1, 0.15) is 36.5 Å². The summed E-state index contributed by atoms with van der Waals surface area (Å²) < 4.78 is 24.7. The number of hydrogen-bond donors (Lipinski definition) is 2. The van der Waals surface area contributed by atoms with Crippen molar-refractivity contribution >= 4 is 33.4 Å². The highest BCUT2D eigenvalue weighted by Gasteiger charge is 2.36. The van der Waals surface area contributed by atoms with Crippen LogP contribution in [-0.4, -0.2) is 45.0 Å². The molecule has 136 valence electrons. The second-order valence-corrected chi connectivity index (χ2v) is 7.66. The van der Waals surface area contributed by atoms with E-state index in [1.54, 1.807) is 12.1 Å². The molecule has 0 saturated carbocycles. The van der Waals surface area contributed by atoms with Gasteiger partial charge in [0.05, 0.1) is 11.4 Å². The SMILES string of the molecule is CC(=O)NCCCCNC(=O)c1cccc(N2C(=O)CCS2(=O)=O)c1. The molecule has 25 heavy (non-hydrogen) atoms. The molecule has 0 aliphatic carbocycles. The summed E-state index contributed by atoms with van der Waals surface area (Å²) >= 11 is 0. The molecule has 0 radical (unpaired) electrons. The molecule has 1 aliphatic rings. The van der Waals surface area contributed by atoms with E-state index in [9.17, 15) is 22.8 Å². The minimum Gasteiger partial charge on any atom is -0.356 e. The molecular weight excluding hydrogens is 346 g/mol. The third kappa shape index (κ3) is 5.02. The summed E-state index contributed by atoms with van der Waals surface area (Å²) in [6.07, 6.45) is 1.39. The maximum atomic E-state index is 12.2. The van der Waals surface area contributed by atoms with Crippen molar-refractivity contribution in [2.75, 3.05) is 23.1 Å². The van der Waals surface area contributed by atoms with Gasteiger partial charge < -0.3 is 10.6 Å². The van der Waals surface area contributed by atoms with Crippen LogP contribution in [0.3, 0.4) is 0 Å². The highest BCUT2D eigenvalue weighted by atomic mass is 32.2. The van der Waals surface area contributed by atoms with E-state index in [1.807, 2.05) is 0 Å². The molecule has 0 bridgehead atoms. The van der Waals surface area contributed by atoms with Crippen molar-refractivity contribution in [3.8, 4) is 0 Å². The van der Waals surface area contributed by atoms with Crippen molar-refractivity contribution in [1.29, 1.82) is 0 Å². The van der Waals surface area contributed by atoms with Crippen molar-refractivity contribution in [1.82, 2.24) is 10.6 Å². The molecule has 8 nitrogen and oxygen atoms in total. The first-order valence-electron chi connectivity index (χ1n) is 8.00. The van der Waals surface area contributed by atoms with Crippen molar-refractivity contribution < 1.29 is 22.8 Å². The van der Waals surface area contributed by atoms with Gasteiger partial charge in [-0.05, 0) is 31.0 Å². The number of nitrogens with one attached hydrogen (secondary N) is 2. The van der Waals surface area contributed by atoms with Crippen LogP contribution < -0.4 is 14.9 Å². The van der Waals surface area contributed by atoms with E-state index < -0.39 is 15.9 Å². The van der Waals surface area contributed by atoms with Gasteiger partial charge in [0.15, 0.2) is 0 Å². The largest absolute Gasteiger partial charge is 0.356 e. The number of carbonyl (C=O) groups is 3. The molecule has 3 amide bonds. The van der Waals surface area contributed by atoms with Gasteiger partial charge in [-0.25, -0.2) is 12.7 Å². The van der Waals surface area contributed by atoms with E-state index in [0.717, 1.165) is 10.7 Å². The first-order valence-corrected chi connectivity index (χ1v) is 9.61. The summed E-state index contributed by atoms with van der Waals surface area (Å²) in [5, 5.41) is 5.40. The van der Waals surface area contributed by atoms with E-state index in [1.165, 1.54) is 19.1 Å². The van der Waals surface area contributed by atoms with E-state index >= 15 is 0 Å². The zero-order chi connectivity index (χ0) is 18.4. The molecule has 0 unspecified atom stereocenters. The van der Waals surface area contributed by atoms with Crippen molar-refractivity contribution in [3.63, 3.8) is 0 Å². The fourth-order valence-electron chi connectivity index (χ4n) is 2.46. The quantitative estimate of drug-likeness (QED) is 0.678. The van der Waals surface area contributed by atoms with E-state index in [-0.39, 0.29) is 35.2 Å². The smallest absolute Gasteiger partial charge is 0.251 e. The lowest BCUT2D eigenvalue weighted by molar-refractivity contribution is -0.119. The molecule has 0 spiro atoms. The number of amides is 3. The Morgan fingerprint density at radius 1 is 1.16 bits per heavy atom. The normalized spacial score (nSPS) is 15.9. The molecule has 1 fully saturated rings. The number of anilines is 1. The van der Waals surface area contributed by atoms with E-state index in [2.05, 4.69) is 10.6 Å². The van der Waals surface area contributed by atoms with Crippen LogP contribution in [-0.2, 0) is 19.6 Å². The summed E-state index contributed by atoms with van der Waals surface area (Å²) in [6.45, 7) is 2.43. The summed E-state index contributed by atoms with van der Waals surface area (Å²) in [7, 11) is -3.65. The van der Waals surface area contributed by atoms with Gasteiger partial charge in [-0.1, -0.05) is 6.07 Å². The number of nitrogens with zero attached hydrogens (tertiary/aromatic N) is 1. The van der Waals surface area contributed by atoms with Gasteiger partial charge in [0, 0.05) is 32.0 Å². The Morgan fingerprint density at radius 3 is 2.44 bits per heavy atom. The third-order valence-corrected chi connectivity index (χ3v) is 5.38. The fourth-order valence-corrected chi connectivity index (χ4v) is 3.91. The predicted octanol–water partition coefficient (Wildman–Crippen LogP) is 0.399. The van der Waals surface area contributed by atoms with Crippen LogP contribution in [0.4, 0.5) is 5.69 Å². The van der Waals surface area contributed by atoms with Crippen LogP contribution in [0.2, 0.25) is 0 Å². The standard InChI is InChI=1S/C16H21N3O5S/c1-12(20)17-8-2-3-9-18-16(22)13-5-4-6-14(11-13)19-15(21)7-10-25(19,23)24/h4-6,11H,2-3,7-10H2,1H3,(H,17,20)(H,18,22). The van der Waals surface area contributed by atoms with Crippen LogP contribution >= 0.6 is 0 Å². The molecule has 1 saturated heterocycles. The second-order valence-electron chi connectivity index (χ2n) is 5.72. The average molecular weight is 367 g/mol. The Labute approximate surface area is 146 Å². The summed E-state index contributed by atoms with van der Waals surface area (Å²) in [5.74, 6) is -1.13. The minimum atomic E-state index is -3.65. The third-order valence-electron chi connectivity index (χ3n) is 3.68. The predicted molar refractivity (Wildman–Crippen MR) is 92.6 cm³/mol. The number of hydrogen-bond acceptors (Lipinski definition) is 5. The summed E-state index contributed by atoms with van der Waals surface area (Å²) in [5.41, 5.74) is 0.468. The van der Waals surface area contributed by atoms with Crippen molar-refractivity contribution in [2.45, 2.75) is 26.2 Å². The average Bonchev–Trinajstić information content (AvgIpc) is 2.83. The molecular formula is C16H21N3O5S. The number of sulfonamides is 1. The van der Waals surface area contributed by atoms with Gasteiger partial charge >= 0.3 is 0 Å². The summed E-state index contributed by atoms with van der Waals surface area (Å²) in [6, 6.07) is 5.99.